The van der Waals surface area contributed by atoms with Crippen molar-refractivity contribution >= 4 is 29.6 Å². The standard InChI is InChI=1S/C13H13N5O2/c14-11-10-4-5-20-12(10)16-7-18(11)9-3-1-2-8(6-9)17-13(15)19/h1-7,11H,14H2,(H3,15,17,19). The number of rotatable bonds is 2. The second-order valence-electron chi connectivity index (χ2n) is 4.32. The normalized spacial score (nSPS) is 16.9. The van der Waals surface area contributed by atoms with E-state index in [0.29, 0.717) is 11.6 Å². The summed E-state index contributed by atoms with van der Waals surface area (Å²) >= 11 is 0. The van der Waals surface area contributed by atoms with Crippen molar-refractivity contribution in [2.24, 2.45) is 16.5 Å². The minimum absolute atomic E-state index is 0.398. The maximum Gasteiger partial charge on any atom is 0.316 e. The molecule has 0 fully saturated rings. The lowest BCUT2D eigenvalue weighted by Crippen LogP contribution is -2.35. The molecule has 0 radical (unpaired) electrons. The van der Waals surface area contributed by atoms with Crippen LogP contribution in [0.2, 0.25) is 0 Å². The number of aliphatic imine (C=N–C) groups is 1. The van der Waals surface area contributed by atoms with E-state index in [1.807, 2.05) is 6.07 Å². The lowest BCUT2D eigenvalue weighted by Gasteiger charge is -2.29. The number of fused-ring (bicyclic) bond motifs is 1. The summed E-state index contributed by atoms with van der Waals surface area (Å²) in [6.07, 6.45) is 2.75. The van der Waals surface area contributed by atoms with Crippen molar-refractivity contribution in [3.05, 3.63) is 42.2 Å². The van der Waals surface area contributed by atoms with Gasteiger partial charge in [-0.3, -0.25) is 0 Å². The Morgan fingerprint density at radius 2 is 2.25 bits per heavy atom. The van der Waals surface area contributed by atoms with Gasteiger partial charge in [0.2, 0.25) is 5.88 Å². The molecule has 3 rings (SSSR count). The topological polar surface area (TPSA) is 110 Å². The molecule has 2 amide bonds. The van der Waals surface area contributed by atoms with Gasteiger partial charge in [0.1, 0.15) is 12.5 Å². The third kappa shape index (κ3) is 2.10. The van der Waals surface area contributed by atoms with E-state index >= 15 is 0 Å². The maximum atomic E-state index is 10.9. The summed E-state index contributed by atoms with van der Waals surface area (Å²) in [5.41, 5.74) is 13.5. The second kappa shape index (κ2) is 4.71. The van der Waals surface area contributed by atoms with Crippen molar-refractivity contribution in [1.82, 2.24) is 0 Å². The number of anilines is 2. The quantitative estimate of drug-likeness (QED) is 0.774. The fourth-order valence-electron chi connectivity index (χ4n) is 2.09. The highest BCUT2D eigenvalue weighted by Crippen LogP contribution is 2.34. The summed E-state index contributed by atoms with van der Waals surface area (Å²) in [4.78, 5) is 16.9. The summed E-state index contributed by atoms with van der Waals surface area (Å²) < 4.78 is 5.21. The minimum Gasteiger partial charge on any atom is -0.446 e. The van der Waals surface area contributed by atoms with Gasteiger partial charge in [0.15, 0.2) is 0 Å². The molecule has 2 heterocycles. The Kier molecular flexibility index (Phi) is 2.88. The number of urea groups is 1. The molecule has 102 valence electrons. The van der Waals surface area contributed by atoms with Gasteiger partial charge < -0.3 is 26.1 Å². The number of furan rings is 1. The summed E-state index contributed by atoms with van der Waals surface area (Å²) in [6, 6.07) is 8.34. The summed E-state index contributed by atoms with van der Waals surface area (Å²) in [7, 11) is 0. The second-order valence-corrected chi connectivity index (χ2v) is 4.32. The molecule has 1 aromatic carbocycles. The predicted molar refractivity (Wildman–Crippen MR) is 75.9 cm³/mol. The van der Waals surface area contributed by atoms with E-state index < -0.39 is 12.2 Å². The van der Waals surface area contributed by atoms with Crippen LogP contribution in [0.4, 0.5) is 22.1 Å². The predicted octanol–water partition coefficient (Wildman–Crippen LogP) is 1.91. The molecule has 7 heteroatoms. The monoisotopic (exact) mass is 271 g/mol. The van der Waals surface area contributed by atoms with Gasteiger partial charge in [-0.1, -0.05) is 6.07 Å². The van der Waals surface area contributed by atoms with E-state index in [1.54, 1.807) is 41.8 Å². The van der Waals surface area contributed by atoms with Crippen LogP contribution in [0.15, 0.2) is 46.0 Å². The highest BCUT2D eigenvalue weighted by Gasteiger charge is 2.24. The van der Waals surface area contributed by atoms with Crippen LogP contribution < -0.4 is 21.7 Å². The Morgan fingerprint density at radius 1 is 1.40 bits per heavy atom. The number of amides is 2. The van der Waals surface area contributed by atoms with Crippen molar-refractivity contribution in [2.75, 3.05) is 10.2 Å². The van der Waals surface area contributed by atoms with Crippen LogP contribution in [-0.4, -0.2) is 12.4 Å². The number of carbonyl (C=O) groups excluding carboxylic acids is 1. The number of primary amides is 1. The van der Waals surface area contributed by atoms with Gasteiger partial charge in [-0.25, -0.2) is 9.79 Å². The number of benzene rings is 1. The number of carbonyl (C=O) groups is 1. The third-order valence-corrected chi connectivity index (χ3v) is 3.00. The molecule has 0 saturated carbocycles. The van der Waals surface area contributed by atoms with Crippen molar-refractivity contribution in [3.63, 3.8) is 0 Å². The molecule has 7 nitrogen and oxygen atoms in total. The number of nitrogens with zero attached hydrogens (tertiary/aromatic N) is 2. The van der Waals surface area contributed by atoms with E-state index in [0.717, 1.165) is 11.3 Å². The lowest BCUT2D eigenvalue weighted by molar-refractivity contribution is 0.259. The molecule has 5 N–H and O–H groups in total. The fourth-order valence-corrected chi connectivity index (χ4v) is 2.09. The van der Waals surface area contributed by atoms with Crippen LogP contribution in [0.3, 0.4) is 0 Å². The van der Waals surface area contributed by atoms with Crippen molar-refractivity contribution in [3.8, 4) is 0 Å². The summed E-state index contributed by atoms with van der Waals surface area (Å²) in [6.45, 7) is 0. The molecule has 0 aliphatic carbocycles. The zero-order chi connectivity index (χ0) is 14.1. The summed E-state index contributed by atoms with van der Waals surface area (Å²) in [5.74, 6) is 0.514. The Hall–Kier alpha value is -2.80. The number of nitrogens with one attached hydrogen (secondary N) is 1. The van der Waals surface area contributed by atoms with Gasteiger partial charge in [-0.15, -0.1) is 0 Å². The average molecular weight is 271 g/mol. The van der Waals surface area contributed by atoms with Crippen LogP contribution in [0.1, 0.15) is 11.7 Å². The van der Waals surface area contributed by atoms with E-state index in [1.165, 1.54) is 0 Å². The molecule has 1 aliphatic rings. The average Bonchev–Trinajstić information content (AvgIpc) is 2.88. The van der Waals surface area contributed by atoms with Gasteiger partial charge in [0, 0.05) is 11.4 Å². The molecule has 0 spiro atoms. The molecule has 1 aromatic heterocycles. The Bertz CT molecular complexity index is 679. The van der Waals surface area contributed by atoms with Gasteiger partial charge in [0.25, 0.3) is 0 Å². The molecule has 1 aliphatic heterocycles. The van der Waals surface area contributed by atoms with E-state index in [2.05, 4.69) is 10.3 Å². The van der Waals surface area contributed by atoms with Crippen molar-refractivity contribution in [1.29, 1.82) is 0 Å². The van der Waals surface area contributed by atoms with Gasteiger partial charge in [-0.2, -0.15) is 0 Å². The molecule has 0 bridgehead atoms. The Morgan fingerprint density at radius 3 is 3.05 bits per heavy atom. The van der Waals surface area contributed by atoms with E-state index in [4.69, 9.17) is 15.9 Å². The minimum atomic E-state index is -0.615. The van der Waals surface area contributed by atoms with E-state index in [9.17, 15) is 4.79 Å². The van der Waals surface area contributed by atoms with Crippen LogP contribution in [0.25, 0.3) is 0 Å². The number of hydrogen-bond donors (Lipinski definition) is 3. The van der Waals surface area contributed by atoms with Crippen LogP contribution in [0.5, 0.6) is 0 Å². The zero-order valence-electron chi connectivity index (χ0n) is 10.5. The van der Waals surface area contributed by atoms with Crippen LogP contribution >= 0.6 is 0 Å². The van der Waals surface area contributed by atoms with Gasteiger partial charge >= 0.3 is 6.03 Å². The molecule has 1 atom stereocenters. The molecule has 20 heavy (non-hydrogen) atoms. The first-order valence-electron chi connectivity index (χ1n) is 5.97. The first kappa shape index (κ1) is 12.2. The highest BCUT2D eigenvalue weighted by atomic mass is 16.3. The summed E-state index contributed by atoms with van der Waals surface area (Å²) in [5, 5.41) is 2.52. The molecular formula is C13H13N5O2. The number of nitrogens with two attached hydrogens (primary N) is 2. The molecule has 0 saturated heterocycles. The van der Waals surface area contributed by atoms with E-state index in [-0.39, 0.29) is 0 Å². The number of hydrogen-bond acceptors (Lipinski definition) is 5. The Labute approximate surface area is 114 Å². The van der Waals surface area contributed by atoms with Crippen LogP contribution in [0, 0.1) is 0 Å². The lowest BCUT2D eigenvalue weighted by atomic mass is 10.2. The highest BCUT2D eigenvalue weighted by molar-refractivity contribution is 5.90. The largest absolute Gasteiger partial charge is 0.446 e. The maximum absolute atomic E-state index is 10.9. The fraction of sp³-hybridized carbons (Fsp3) is 0.0769. The first-order chi connectivity index (χ1) is 9.65. The van der Waals surface area contributed by atoms with Crippen molar-refractivity contribution in [2.45, 2.75) is 6.17 Å². The molecular weight excluding hydrogens is 258 g/mol. The molecule has 1 unspecified atom stereocenters. The first-order valence-corrected chi connectivity index (χ1v) is 5.97. The third-order valence-electron chi connectivity index (χ3n) is 3.00. The van der Waals surface area contributed by atoms with Gasteiger partial charge in [0.05, 0.1) is 11.8 Å². The Balaban J connectivity index is 1.92. The van der Waals surface area contributed by atoms with Gasteiger partial charge in [-0.05, 0) is 24.3 Å². The zero-order valence-corrected chi connectivity index (χ0v) is 10.5. The SMILES string of the molecule is NC(=O)Nc1cccc(N2C=Nc3occc3C2N)c1. The van der Waals surface area contributed by atoms with Crippen molar-refractivity contribution < 1.29 is 9.21 Å². The smallest absolute Gasteiger partial charge is 0.316 e. The molecule has 2 aromatic rings. The van der Waals surface area contributed by atoms with Crippen LogP contribution in [-0.2, 0) is 0 Å².